The van der Waals surface area contributed by atoms with E-state index in [4.69, 9.17) is 10.5 Å². The second-order valence-electron chi connectivity index (χ2n) is 6.43. The number of hydrogen-bond donors (Lipinski definition) is 1. The van der Waals surface area contributed by atoms with Crippen molar-refractivity contribution in [1.82, 2.24) is 4.31 Å². The Kier molecular flexibility index (Phi) is 5.45. The second-order valence-corrected chi connectivity index (χ2v) is 8.33. The summed E-state index contributed by atoms with van der Waals surface area (Å²) in [6, 6.07) is 13.2. The summed E-state index contributed by atoms with van der Waals surface area (Å²) in [5, 5.41) is 10.9. The summed E-state index contributed by atoms with van der Waals surface area (Å²) in [6.45, 7) is 0.954. The van der Waals surface area contributed by atoms with Crippen molar-refractivity contribution >= 4 is 15.7 Å². The Labute approximate surface area is 157 Å². The Morgan fingerprint density at radius 2 is 1.93 bits per heavy atom. The average molecular weight is 391 g/mol. The lowest BCUT2D eigenvalue weighted by molar-refractivity contribution is -0.385. The van der Waals surface area contributed by atoms with Gasteiger partial charge in [-0.3, -0.25) is 10.1 Å². The minimum Gasteiger partial charge on any atom is -0.495 e. The number of methoxy groups -OCH3 is 1. The van der Waals surface area contributed by atoms with Crippen molar-refractivity contribution in [2.24, 2.45) is 11.7 Å². The second kappa shape index (κ2) is 7.63. The first-order valence-corrected chi connectivity index (χ1v) is 9.90. The lowest BCUT2D eigenvalue weighted by atomic mass is 9.89. The molecular formula is C18H21N3O5S. The molecule has 2 aromatic rings. The maximum absolute atomic E-state index is 13.2. The molecule has 0 amide bonds. The van der Waals surface area contributed by atoms with E-state index in [0.29, 0.717) is 19.6 Å². The van der Waals surface area contributed by atoms with Crippen LogP contribution in [0.25, 0.3) is 0 Å². The van der Waals surface area contributed by atoms with E-state index in [1.807, 2.05) is 30.3 Å². The summed E-state index contributed by atoms with van der Waals surface area (Å²) < 4.78 is 32.8. The van der Waals surface area contributed by atoms with Crippen molar-refractivity contribution in [3.05, 3.63) is 64.2 Å². The molecule has 1 aliphatic heterocycles. The van der Waals surface area contributed by atoms with Gasteiger partial charge in [-0.15, -0.1) is 0 Å². The lowest BCUT2D eigenvalue weighted by Gasteiger charge is -2.18. The summed E-state index contributed by atoms with van der Waals surface area (Å²) >= 11 is 0. The zero-order valence-corrected chi connectivity index (χ0v) is 15.6. The number of non-ortho nitro benzene ring substituents is 1. The topological polar surface area (TPSA) is 116 Å². The van der Waals surface area contributed by atoms with Crippen molar-refractivity contribution < 1.29 is 18.1 Å². The molecule has 1 aliphatic rings. The van der Waals surface area contributed by atoms with Crippen molar-refractivity contribution in [1.29, 1.82) is 0 Å². The van der Waals surface area contributed by atoms with Crippen LogP contribution in [0, 0.1) is 16.0 Å². The Morgan fingerprint density at radius 1 is 1.22 bits per heavy atom. The first kappa shape index (κ1) is 19.3. The number of sulfonamides is 1. The van der Waals surface area contributed by atoms with Crippen LogP contribution < -0.4 is 10.5 Å². The molecule has 0 saturated carbocycles. The third-order valence-electron chi connectivity index (χ3n) is 4.91. The number of rotatable bonds is 6. The zero-order chi connectivity index (χ0) is 19.6. The maximum atomic E-state index is 13.2. The Morgan fingerprint density at radius 3 is 2.52 bits per heavy atom. The van der Waals surface area contributed by atoms with Gasteiger partial charge in [-0.05, 0) is 24.1 Å². The molecule has 0 unspecified atom stereocenters. The summed E-state index contributed by atoms with van der Waals surface area (Å²) in [6.07, 6.45) is 0. The lowest BCUT2D eigenvalue weighted by Crippen LogP contribution is -2.30. The normalized spacial score (nSPS) is 20.5. The van der Waals surface area contributed by atoms with Gasteiger partial charge in [0.15, 0.2) is 0 Å². The number of nitro benzene ring substituents is 1. The fourth-order valence-electron chi connectivity index (χ4n) is 3.47. The number of ether oxygens (including phenoxy) is 1. The molecule has 2 atom stereocenters. The van der Waals surface area contributed by atoms with Gasteiger partial charge in [-0.1, -0.05) is 30.3 Å². The van der Waals surface area contributed by atoms with E-state index >= 15 is 0 Å². The van der Waals surface area contributed by atoms with Crippen LogP contribution in [-0.2, 0) is 10.0 Å². The van der Waals surface area contributed by atoms with Gasteiger partial charge in [-0.2, -0.15) is 4.31 Å². The molecule has 3 rings (SSSR count). The number of nitrogens with zero attached hydrogens (tertiary/aromatic N) is 2. The summed E-state index contributed by atoms with van der Waals surface area (Å²) in [5.41, 5.74) is 6.71. The SMILES string of the molecule is COc1cc([N+](=O)[O-])ccc1S(=O)(=O)N1C[C@@H](CN)[C@H](c2ccccc2)C1. The molecule has 0 bridgehead atoms. The van der Waals surface area contributed by atoms with Crippen molar-refractivity contribution in [3.63, 3.8) is 0 Å². The predicted molar refractivity (Wildman–Crippen MR) is 100 cm³/mol. The predicted octanol–water partition coefficient (Wildman–Crippen LogP) is 1.97. The maximum Gasteiger partial charge on any atom is 0.273 e. The van der Waals surface area contributed by atoms with Gasteiger partial charge in [0.05, 0.1) is 18.1 Å². The van der Waals surface area contributed by atoms with E-state index in [2.05, 4.69) is 0 Å². The van der Waals surface area contributed by atoms with Crippen molar-refractivity contribution in [2.75, 3.05) is 26.7 Å². The van der Waals surface area contributed by atoms with E-state index in [0.717, 1.165) is 11.6 Å². The first-order valence-electron chi connectivity index (χ1n) is 8.46. The van der Waals surface area contributed by atoms with E-state index in [9.17, 15) is 18.5 Å². The van der Waals surface area contributed by atoms with Gasteiger partial charge in [0, 0.05) is 25.1 Å². The van der Waals surface area contributed by atoms with E-state index < -0.39 is 14.9 Å². The molecule has 1 fully saturated rings. The van der Waals surface area contributed by atoms with Crippen LogP contribution in [0.2, 0.25) is 0 Å². The number of nitro groups is 1. The Bertz CT molecular complexity index is 933. The molecule has 1 saturated heterocycles. The number of benzene rings is 2. The Hall–Kier alpha value is -2.49. The zero-order valence-electron chi connectivity index (χ0n) is 14.8. The first-order chi connectivity index (χ1) is 12.9. The van der Waals surface area contributed by atoms with Crippen LogP contribution in [-0.4, -0.2) is 44.4 Å². The quantitative estimate of drug-likeness (QED) is 0.594. The number of nitrogens with two attached hydrogens (primary N) is 1. The molecule has 0 spiro atoms. The third kappa shape index (κ3) is 3.66. The van der Waals surface area contributed by atoms with Crippen LogP contribution in [0.5, 0.6) is 5.75 Å². The monoisotopic (exact) mass is 391 g/mol. The standard InChI is InChI=1S/C18H21N3O5S/c1-26-17-9-15(21(22)23)7-8-18(17)27(24,25)20-11-14(10-19)16(12-20)13-5-3-2-4-6-13/h2-9,14,16H,10-12,19H2,1H3/t14-,16+/m1/s1. The van der Waals surface area contributed by atoms with Gasteiger partial charge >= 0.3 is 0 Å². The molecule has 0 aromatic heterocycles. The molecule has 2 N–H and O–H groups in total. The van der Waals surface area contributed by atoms with Crippen LogP contribution in [0.15, 0.2) is 53.4 Å². The minimum atomic E-state index is -3.88. The average Bonchev–Trinajstić information content (AvgIpc) is 3.13. The summed E-state index contributed by atoms with van der Waals surface area (Å²) in [4.78, 5) is 10.3. The molecule has 144 valence electrons. The molecule has 27 heavy (non-hydrogen) atoms. The van der Waals surface area contributed by atoms with Gasteiger partial charge < -0.3 is 10.5 Å². The largest absolute Gasteiger partial charge is 0.495 e. The molecule has 8 nitrogen and oxygen atoms in total. The van der Waals surface area contributed by atoms with E-state index in [1.54, 1.807) is 0 Å². The minimum absolute atomic E-state index is 0.00461. The summed E-state index contributed by atoms with van der Waals surface area (Å²) in [5.74, 6) is -0.0575. The molecule has 1 heterocycles. The van der Waals surface area contributed by atoms with Crippen LogP contribution >= 0.6 is 0 Å². The highest BCUT2D eigenvalue weighted by Gasteiger charge is 2.40. The molecular weight excluding hydrogens is 370 g/mol. The molecule has 0 aliphatic carbocycles. The van der Waals surface area contributed by atoms with E-state index in [-0.39, 0.29) is 28.2 Å². The van der Waals surface area contributed by atoms with Gasteiger partial charge in [-0.25, -0.2) is 8.42 Å². The fourth-order valence-corrected chi connectivity index (χ4v) is 5.13. The molecule has 0 radical (unpaired) electrons. The number of hydrogen-bond acceptors (Lipinski definition) is 6. The van der Waals surface area contributed by atoms with Crippen LogP contribution in [0.4, 0.5) is 5.69 Å². The molecule has 9 heteroatoms. The van der Waals surface area contributed by atoms with Gasteiger partial charge in [0.2, 0.25) is 10.0 Å². The van der Waals surface area contributed by atoms with Gasteiger partial charge in [0.25, 0.3) is 5.69 Å². The highest BCUT2D eigenvalue weighted by Crippen LogP contribution is 2.37. The van der Waals surface area contributed by atoms with Crippen molar-refractivity contribution in [3.8, 4) is 5.75 Å². The van der Waals surface area contributed by atoms with E-state index in [1.165, 1.54) is 23.5 Å². The highest BCUT2D eigenvalue weighted by atomic mass is 32.2. The highest BCUT2D eigenvalue weighted by molar-refractivity contribution is 7.89. The third-order valence-corrected chi connectivity index (χ3v) is 6.78. The Balaban J connectivity index is 1.95. The van der Waals surface area contributed by atoms with Crippen LogP contribution in [0.3, 0.4) is 0 Å². The molecule has 2 aromatic carbocycles. The smallest absolute Gasteiger partial charge is 0.273 e. The van der Waals surface area contributed by atoms with Gasteiger partial charge in [0.1, 0.15) is 10.6 Å². The van der Waals surface area contributed by atoms with Crippen LogP contribution in [0.1, 0.15) is 11.5 Å². The fraction of sp³-hybridized carbons (Fsp3) is 0.333. The summed E-state index contributed by atoms with van der Waals surface area (Å²) in [7, 11) is -2.59. The van der Waals surface area contributed by atoms with Crippen molar-refractivity contribution in [2.45, 2.75) is 10.8 Å².